The number of non-ortho nitro benzene ring substituents is 1. The van der Waals surface area contributed by atoms with Crippen LogP contribution >= 0.6 is 0 Å². The zero-order chi connectivity index (χ0) is 21.1. The number of benzene rings is 3. The Hall–Kier alpha value is -3.99. The Balaban J connectivity index is 1.60. The normalized spacial score (nSPS) is 11.1. The lowest BCUT2D eigenvalue weighted by atomic mass is 10.1. The molecule has 0 aliphatic rings. The van der Waals surface area contributed by atoms with Crippen molar-refractivity contribution in [1.82, 2.24) is 4.57 Å². The fourth-order valence-corrected chi connectivity index (χ4v) is 3.58. The molecule has 0 amide bonds. The number of rotatable bonds is 5. The molecule has 0 aliphatic carbocycles. The number of hydrogen-bond donors (Lipinski definition) is 0. The summed E-state index contributed by atoms with van der Waals surface area (Å²) in [7, 11) is 0. The van der Waals surface area contributed by atoms with Gasteiger partial charge in [-0.05, 0) is 49.2 Å². The second-order valence-corrected chi connectivity index (χ2v) is 7.11. The molecule has 0 saturated heterocycles. The molecule has 1 aromatic heterocycles. The largest absolute Gasteiger partial charge is 0.318 e. The second-order valence-electron chi connectivity index (χ2n) is 7.11. The average Bonchev–Trinajstić information content (AvgIpc) is 3.06. The molecular formula is C25H21N3O2. The van der Waals surface area contributed by atoms with E-state index in [2.05, 4.69) is 29.3 Å². The fraction of sp³-hybridized carbons (Fsp3) is 0.0800. The molecule has 0 bridgehead atoms. The van der Waals surface area contributed by atoms with Gasteiger partial charge in [-0.25, -0.2) is 0 Å². The van der Waals surface area contributed by atoms with Gasteiger partial charge in [0, 0.05) is 35.3 Å². The first-order valence-corrected chi connectivity index (χ1v) is 9.66. The summed E-state index contributed by atoms with van der Waals surface area (Å²) in [5.41, 5.74) is 7.00. The Morgan fingerprint density at radius 1 is 0.867 bits per heavy atom. The van der Waals surface area contributed by atoms with Crippen LogP contribution in [0.15, 0.2) is 89.9 Å². The van der Waals surface area contributed by atoms with Gasteiger partial charge >= 0.3 is 0 Å². The van der Waals surface area contributed by atoms with Gasteiger partial charge in [-0.15, -0.1) is 0 Å². The first kappa shape index (κ1) is 19.3. The molecule has 3 aromatic carbocycles. The van der Waals surface area contributed by atoms with Gasteiger partial charge < -0.3 is 4.57 Å². The van der Waals surface area contributed by atoms with Gasteiger partial charge in [0.05, 0.1) is 16.3 Å². The number of aliphatic imine (C=N–C) groups is 1. The van der Waals surface area contributed by atoms with E-state index in [1.807, 2.05) is 67.1 Å². The number of aromatic nitrogens is 1. The third kappa shape index (κ3) is 3.91. The van der Waals surface area contributed by atoms with Crippen molar-refractivity contribution in [3.05, 3.63) is 112 Å². The van der Waals surface area contributed by atoms with Crippen LogP contribution in [0.1, 0.15) is 17.0 Å². The van der Waals surface area contributed by atoms with Crippen LogP contribution in [0.5, 0.6) is 0 Å². The maximum Gasteiger partial charge on any atom is 0.271 e. The Morgan fingerprint density at radius 2 is 1.57 bits per heavy atom. The van der Waals surface area contributed by atoms with E-state index in [0.29, 0.717) is 0 Å². The number of nitrogens with zero attached hydrogens (tertiary/aromatic N) is 3. The number of hydrogen-bond acceptors (Lipinski definition) is 3. The third-order valence-corrected chi connectivity index (χ3v) is 5.10. The standard InChI is InChI=1S/C25H21N3O2/c1-18-15-22(19(2)27(18)24-9-6-10-25(16-24)28(29)30)17-26-23-13-11-21(12-14-23)20-7-4-3-5-8-20/h3-17H,1-2H3. The van der Waals surface area contributed by atoms with Crippen LogP contribution in [0.3, 0.4) is 0 Å². The molecule has 0 atom stereocenters. The summed E-state index contributed by atoms with van der Waals surface area (Å²) in [5, 5.41) is 11.1. The predicted molar refractivity (Wildman–Crippen MR) is 121 cm³/mol. The van der Waals surface area contributed by atoms with E-state index in [-0.39, 0.29) is 10.6 Å². The van der Waals surface area contributed by atoms with Gasteiger partial charge in [0.25, 0.3) is 5.69 Å². The van der Waals surface area contributed by atoms with Crippen molar-refractivity contribution in [2.24, 2.45) is 4.99 Å². The summed E-state index contributed by atoms with van der Waals surface area (Å²) in [5.74, 6) is 0. The molecule has 0 aliphatic heterocycles. The van der Waals surface area contributed by atoms with Gasteiger partial charge in [0.1, 0.15) is 0 Å². The highest BCUT2D eigenvalue weighted by Crippen LogP contribution is 2.25. The first-order valence-electron chi connectivity index (χ1n) is 9.66. The average molecular weight is 395 g/mol. The molecule has 0 saturated carbocycles. The molecule has 5 heteroatoms. The summed E-state index contributed by atoms with van der Waals surface area (Å²) in [6, 6.07) is 27.0. The summed E-state index contributed by atoms with van der Waals surface area (Å²) in [4.78, 5) is 15.4. The first-order chi connectivity index (χ1) is 14.5. The van der Waals surface area contributed by atoms with Gasteiger partial charge in [-0.2, -0.15) is 0 Å². The summed E-state index contributed by atoms with van der Waals surface area (Å²) < 4.78 is 2.01. The maximum absolute atomic E-state index is 11.1. The second kappa shape index (κ2) is 8.17. The summed E-state index contributed by atoms with van der Waals surface area (Å²) in [6.45, 7) is 3.98. The Kier molecular flexibility index (Phi) is 5.26. The molecule has 0 spiro atoms. The van der Waals surface area contributed by atoms with Crippen molar-refractivity contribution in [2.45, 2.75) is 13.8 Å². The smallest absolute Gasteiger partial charge is 0.271 e. The van der Waals surface area contributed by atoms with E-state index < -0.39 is 0 Å². The van der Waals surface area contributed by atoms with Crippen molar-refractivity contribution in [1.29, 1.82) is 0 Å². The van der Waals surface area contributed by atoms with Crippen molar-refractivity contribution >= 4 is 17.6 Å². The summed E-state index contributed by atoms with van der Waals surface area (Å²) in [6.07, 6.45) is 1.84. The van der Waals surface area contributed by atoms with Gasteiger partial charge in [-0.3, -0.25) is 15.1 Å². The van der Waals surface area contributed by atoms with E-state index in [1.165, 1.54) is 11.6 Å². The van der Waals surface area contributed by atoms with Crippen LogP contribution < -0.4 is 0 Å². The molecule has 148 valence electrons. The zero-order valence-corrected chi connectivity index (χ0v) is 16.8. The van der Waals surface area contributed by atoms with Crippen LogP contribution in [0, 0.1) is 24.0 Å². The van der Waals surface area contributed by atoms with Crippen molar-refractivity contribution in [2.75, 3.05) is 0 Å². The molecule has 0 N–H and O–H groups in total. The fourth-order valence-electron chi connectivity index (χ4n) is 3.58. The molecule has 0 unspecified atom stereocenters. The molecule has 5 nitrogen and oxygen atoms in total. The van der Waals surface area contributed by atoms with Crippen LogP contribution in [0.25, 0.3) is 16.8 Å². The summed E-state index contributed by atoms with van der Waals surface area (Å²) >= 11 is 0. The quantitative estimate of drug-likeness (QED) is 0.222. The lowest BCUT2D eigenvalue weighted by Gasteiger charge is -2.09. The van der Waals surface area contributed by atoms with E-state index >= 15 is 0 Å². The van der Waals surface area contributed by atoms with Gasteiger partial charge in [0.2, 0.25) is 0 Å². The maximum atomic E-state index is 11.1. The Labute approximate surface area is 175 Å². The highest BCUT2D eigenvalue weighted by molar-refractivity contribution is 5.84. The molecule has 4 rings (SSSR count). The Morgan fingerprint density at radius 3 is 2.27 bits per heavy atom. The van der Waals surface area contributed by atoms with Crippen LogP contribution in [0.2, 0.25) is 0 Å². The minimum atomic E-state index is -0.376. The van der Waals surface area contributed by atoms with E-state index in [0.717, 1.165) is 33.9 Å². The molecule has 1 heterocycles. The van der Waals surface area contributed by atoms with E-state index in [9.17, 15) is 10.1 Å². The lowest BCUT2D eigenvalue weighted by molar-refractivity contribution is -0.384. The van der Waals surface area contributed by atoms with Crippen molar-refractivity contribution in [3.63, 3.8) is 0 Å². The molecule has 0 fully saturated rings. The van der Waals surface area contributed by atoms with Crippen LogP contribution in [-0.2, 0) is 0 Å². The minimum absolute atomic E-state index is 0.0775. The minimum Gasteiger partial charge on any atom is -0.318 e. The molecule has 0 radical (unpaired) electrons. The number of nitro groups is 1. The molecule has 30 heavy (non-hydrogen) atoms. The highest BCUT2D eigenvalue weighted by atomic mass is 16.6. The zero-order valence-electron chi connectivity index (χ0n) is 16.8. The lowest BCUT2D eigenvalue weighted by Crippen LogP contribution is -2.00. The Bertz CT molecular complexity index is 1220. The number of nitro benzene ring substituents is 1. The SMILES string of the molecule is Cc1cc(C=Nc2ccc(-c3ccccc3)cc2)c(C)n1-c1cccc([N+](=O)[O-])c1. The third-order valence-electron chi connectivity index (χ3n) is 5.10. The van der Waals surface area contributed by atoms with Gasteiger partial charge in [0.15, 0.2) is 0 Å². The molecule has 4 aromatic rings. The van der Waals surface area contributed by atoms with Crippen LogP contribution in [-0.4, -0.2) is 15.7 Å². The highest BCUT2D eigenvalue weighted by Gasteiger charge is 2.12. The monoisotopic (exact) mass is 395 g/mol. The number of aryl methyl sites for hydroxylation is 1. The van der Waals surface area contributed by atoms with Crippen molar-refractivity contribution < 1.29 is 4.92 Å². The van der Waals surface area contributed by atoms with Gasteiger partial charge in [-0.1, -0.05) is 48.5 Å². The van der Waals surface area contributed by atoms with E-state index in [1.54, 1.807) is 12.1 Å². The molecular weight excluding hydrogens is 374 g/mol. The topological polar surface area (TPSA) is 60.4 Å². The van der Waals surface area contributed by atoms with E-state index in [4.69, 9.17) is 0 Å². The van der Waals surface area contributed by atoms with Crippen LogP contribution in [0.4, 0.5) is 11.4 Å². The van der Waals surface area contributed by atoms with Crippen molar-refractivity contribution in [3.8, 4) is 16.8 Å². The predicted octanol–water partition coefficient (Wildman–Crippen LogP) is 6.42.